The highest BCUT2D eigenvalue weighted by atomic mass is 16.5. The lowest BCUT2D eigenvalue weighted by atomic mass is 9.70. The summed E-state index contributed by atoms with van der Waals surface area (Å²) in [5.41, 5.74) is 0.371. The van der Waals surface area contributed by atoms with Crippen molar-refractivity contribution < 1.29 is 14.3 Å². The molecule has 1 amide bonds. The molecule has 5 rings (SSSR count). The summed E-state index contributed by atoms with van der Waals surface area (Å²) in [7, 11) is 4.23. The molecule has 0 radical (unpaired) electrons. The second kappa shape index (κ2) is 8.83. The number of nitrogens with one attached hydrogen (secondary N) is 1. The van der Waals surface area contributed by atoms with Crippen molar-refractivity contribution in [2.75, 3.05) is 40.3 Å². The van der Waals surface area contributed by atoms with Crippen LogP contribution >= 0.6 is 0 Å². The van der Waals surface area contributed by atoms with Gasteiger partial charge in [-0.2, -0.15) is 0 Å². The lowest BCUT2D eigenvalue weighted by Crippen LogP contribution is -2.70. The van der Waals surface area contributed by atoms with Gasteiger partial charge < -0.3 is 24.8 Å². The molecular formula is C24H38N4O3. The Morgan fingerprint density at radius 3 is 2.68 bits per heavy atom. The average molecular weight is 431 g/mol. The van der Waals surface area contributed by atoms with Gasteiger partial charge in [0.15, 0.2) is 5.78 Å². The smallest absolute Gasteiger partial charge is 0.256 e. The number of fused-ring (bicyclic) bond motifs is 2. The number of rotatable bonds is 5. The van der Waals surface area contributed by atoms with Crippen molar-refractivity contribution in [2.45, 2.75) is 81.7 Å². The zero-order chi connectivity index (χ0) is 21.5. The second-order valence-electron chi connectivity index (χ2n) is 10.4. The van der Waals surface area contributed by atoms with Crippen LogP contribution in [0.15, 0.2) is 11.8 Å². The first-order chi connectivity index (χ1) is 15.0. The average Bonchev–Trinajstić information content (AvgIpc) is 3.28. The number of amides is 1. The molecule has 2 saturated heterocycles. The predicted molar refractivity (Wildman–Crippen MR) is 119 cm³/mol. The fraction of sp³-hybridized carbons (Fsp3) is 0.833. The zero-order valence-electron chi connectivity index (χ0n) is 19.1. The summed E-state index contributed by atoms with van der Waals surface area (Å²) >= 11 is 0. The van der Waals surface area contributed by atoms with E-state index in [0.29, 0.717) is 24.2 Å². The van der Waals surface area contributed by atoms with Crippen molar-refractivity contribution in [3.05, 3.63) is 11.8 Å². The van der Waals surface area contributed by atoms with Crippen molar-refractivity contribution >= 4 is 11.7 Å². The molecule has 172 valence electrons. The summed E-state index contributed by atoms with van der Waals surface area (Å²) in [5.74, 6) is -0.291. The number of hydrogen-bond acceptors (Lipinski definition) is 6. The Balaban J connectivity index is 1.37. The van der Waals surface area contributed by atoms with Crippen LogP contribution < -0.4 is 5.32 Å². The second-order valence-corrected chi connectivity index (χ2v) is 10.4. The summed E-state index contributed by atoms with van der Waals surface area (Å²) < 4.78 is 6.70. The standard InChI is InChI=1S/C24H38N4O3/c1-26(2)19-10-9-16-21-23(19)31-20-8-4-3-7-18(20)28(21)15-17(22(16)29)24(30)25-11-14-27-12-5-6-13-27/h15-16,18-21,23H,3-14H2,1-2H3,(H,25,30). The molecule has 7 heteroatoms. The lowest BCUT2D eigenvalue weighted by Gasteiger charge is -2.59. The summed E-state index contributed by atoms with van der Waals surface area (Å²) in [4.78, 5) is 33.6. The third-order valence-electron chi connectivity index (χ3n) is 8.33. The molecule has 2 saturated carbocycles. The minimum atomic E-state index is -0.187. The minimum absolute atomic E-state index is 0.0278. The Bertz CT molecular complexity index is 732. The van der Waals surface area contributed by atoms with Crippen LogP contribution in [0.25, 0.3) is 0 Å². The third kappa shape index (κ3) is 3.93. The van der Waals surface area contributed by atoms with Gasteiger partial charge >= 0.3 is 0 Å². The number of likely N-dealkylation sites (tertiary alicyclic amines) is 1. The maximum absolute atomic E-state index is 13.5. The summed E-state index contributed by atoms with van der Waals surface area (Å²) in [6, 6.07) is 0.678. The Kier molecular flexibility index (Phi) is 6.10. The Hall–Kier alpha value is -1.44. The van der Waals surface area contributed by atoms with Crippen LogP contribution in [0.1, 0.15) is 51.4 Å². The number of Topliss-reactive ketones (excluding diaryl/α,β-unsaturated/α-hetero) is 1. The van der Waals surface area contributed by atoms with Crippen LogP contribution in [0, 0.1) is 5.92 Å². The Labute approximate surface area is 186 Å². The van der Waals surface area contributed by atoms with Gasteiger partial charge in [-0.3, -0.25) is 9.59 Å². The minimum Gasteiger partial charge on any atom is -0.369 e. The van der Waals surface area contributed by atoms with Gasteiger partial charge in [-0.15, -0.1) is 0 Å². The normalized spacial score (nSPS) is 38.0. The first-order valence-electron chi connectivity index (χ1n) is 12.4. The van der Waals surface area contributed by atoms with Crippen LogP contribution in [-0.4, -0.2) is 97.0 Å². The van der Waals surface area contributed by atoms with E-state index in [4.69, 9.17) is 4.74 Å². The molecule has 6 unspecified atom stereocenters. The molecule has 0 aromatic carbocycles. The van der Waals surface area contributed by atoms with Gasteiger partial charge in [0, 0.05) is 31.2 Å². The molecule has 6 atom stereocenters. The summed E-state index contributed by atoms with van der Waals surface area (Å²) in [5, 5.41) is 3.04. The topological polar surface area (TPSA) is 65.1 Å². The fourth-order valence-electron chi connectivity index (χ4n) is 6.72. The maximum atomic E-state index is 13.5. The van der Waals surface area contributed by atoms with Crippen LogP contribution in [0.2, 0.25) is 0 Å². The highest BCUT2D eigenvalue weighted by molar-refractivity contribution is 6.20. The van der Waals surface area contributed by atoms with Gasteiger partial charge in [0.2, 0.25) is 0 Å². The van der Waals surface area contributed by atoms with E-state index >= 15 is 0 Å². The number of nitrogens with zero attached hydrogens (tertiary/aromatic N) is 3. The largest absolute Gasteiger partial charge is 0.369 e. The fourth-order valence-corrected chi connectivity index (χ4v) is 6.72. The van der Waals surface area contributed by atoms with E-state index in [0.717, 1.165) is 45.3 Å². The van der Waals surface area contributed by atoms with Gasteiger partial charge in [-0.25, -0.2) is 0 Å². The lowest BCUT2D eigenvalue weighted by molar-refractivity contribution is -0.197. The quantitative estimate of drug-likeness (QED) is 0.665. The van der Waals surface area contributed by atoms with Gasteiger partial charge in [0.05, 0.1) is 29.9 Å². The highest BCUT2D eigenvalue weighted by Crippen LogP contribution is 2.45. The molecule has 3 heterocycles. The molecule has 1 N–H and O–H groups in total. The number of hydrogen-bond donors (Lipinski definition) is 1. The van der Waals surface area contributed by atoms with E-state index in [2.05, 4.69) is 34.1 Å². The maximum Gasteiger partial charge on any atom is 0.256 e. The van der Waals surface area contributed by atoms with Crippen molar-refractivity contribution in [1.82, 2.24) is 20.0 Å². The van der Waals surface area contributed by atoms with Crippen molar-refractivity contribution in [1.29, 1.82) is 0 Å². The molecule has 31 heavy (non-hydrogen) atoms. The van der Waals surface area contributed by atoms with E-state index in [9.17, 15) is 9.59 Å². The molecule has 2 aliphatic carbocycles. The SMILES string of the molecule is CN(C)C1CCC2C(=O)C(C(=O)NCCN3CCCC3)=CN3C4CCCCC4OC1C23. The summed E-state index contributed by atoms with van der Waals surface area (Å²) in [6.07, 6.45) is 11.0. The molecule has 0 spiro atoms. The number of carbonyl (C=O) groups is 2. The van der Waals surface area contributed by atoms with Crippen molar-refractivity contribution in [3.63, 3.8) is 0 Å². The Morgan fingerprint density at radius 1 is 1.13 bits per heavy atom. The highest BCUT2D eigenvalue weighted by Gasteiger charge is 2.56. The van der Waals surface area contributed by atoms with E-state index in [1.807, 2.05) is 6.20 Å². The zero-order valence-corrected chi connectivity index (χ0v) is 19.1. The van der Waals surface area contributed by atoms with Gasteiger partial charge in [-0.05, 0) is 65.7 Å². The van der Waals surface area contributed by atoms with Gasteiger partial charge in [0.25, 0.3) is 5.91 Å². The predicted octanol–water partition coefficient (Wildman–Crippen LogP) is 1.39. The van der Waals surface area contributed by atoms with E-state index in [1.54, 1.807) is 0 Å². The van der Waals surface area contributed by atoms with Crippen LogP contribution in [0.5, 0.6) is 0 Å². The molecular weight excluding hydrogens is 392 g/mol. The molecule has 3 aliphatic heterocycles. The molecule has 4 fully saturated rings. The molecule has 0 aromatic rings. The third-order valence-corrected chi connectivity index (χ3v) is 8.33. The first kappa shape index (κ1) is 21.4. The summed E-state index contributed by atoms with van der Waals surface area (Å²) in [6.45, 7) is 3.71. The molecule has 5 aliphatic rings. The van der Waals surface area contributed by atoms with Gasteiger partial charge in [0.1, 0.15) is 0 Å². The molecule has 7 nitrogen and oxygen atoms in total. The van der Waals surface area contributed by atoms with Crippen LogP contribution in [0.3, 0.4) is 0 Å². The number of likely N-dealkylation sites (N-methyl/N-ethyl adjacent to an activating group) is 1. The Morgan fingerprint density at radius 2 is 1.90 bits per heavy atom. The number of carbonyl (C=O) groups excluding carboxylic acids is 2. The van der Waals surface area contributed by atoms with Crippen molar-refractivity contribution in [3.8, 4) is 0 Å². The number of ether oxygens (including phenoxy) is 1. The number of morpholine rings is 1. The van der Waals surface area contributed by atoms with Gasteiger partial charge in [-0.1, -0.05) is 12.8 Å². The number of ketones is 1. The van der Waals surface area contributed by atoms with Crippen LogP contribution in [-0.2, 0) is 14.3 Å². The first-order valence-corrected chi connectivity index (χ1v) is 12.4. The van der Waals surface area contributed by atoms with Crippen molar-refractivity contribution in [2.24, 2.45) is 5.92 Å². The molecule has 0 bridgehead atoms. The van der Waals surface area contributed by atoms with E-state index in [-0.39, 0.29) is 35.9 Å². The van der Waals surface area contributed by atoms with E-state index < -0.39 is 0 Å². The molecule has 0 aromatic heterocycles. The monoisotopic (exact) mass is 430 g/mol. The van der Waals surface area contributed by atoms with E-state index in [1.165, 1.54) is 25.7 Å². The van der Waals surface area contributed by atoms with Crippen LogP contribution in [0.4, 0.5) is 0 Å².